The number of aryl methyl sites for hydroxylation is 1. The second kappa shape index (κ2) is 4.51. The summed E-state index contributed by atoms with van der Waals surface area (Å²) in [7, 11) is 0. The molecular formula is C8H10ClN3S. The third-order valence-electron chi connectivity index (χ3n) is 1.78. The number of aliphatic imine (C=N–C) groups is 1. The van der Waals surface area contributed by atoms with E-state index in [0.717, 1.165) is 16.4 Å². The summed E-state index contributed by atoms with van der Waals surface area (Å²) in [5.74, 6) is 0. The highest BCUT2D eigenvalue weighted by molar-refractivity contribution is 7.78. The van der Waals surface area contributed by atoms with Gasteiger partial charge in [-0.15, -0.1) is 0 Å². The molecule has 0 aliphatic rings. The predicted molar refractivity (Wildman–Crippen MR) is 56.6 cm³/mol. The Morgan fingerprint density at radius 2 is 2.31 bits per heavy atom. The summed E-state index contributed by atoms with van der Waals surface area (Å²) in [4.78, 5) is 3.81. The Morgan fingerprint density at radius 3 is 2.77 bits per heavy atom. The molecule has 0 saturated carbocycles. The van der Waals surface area contributed by atoms with Gasteiger partial charge in [0.05, 0.1) is 34.7 Å². The van der Waals surface area contributed by atoms with Crippen molar-refractivity contribution in [2.24, 2.45) is 4.99 Å². The highest BCUT2D eigenvalue weighted by Gasteiger charge is 2.07. The first-order valence-corrected chi connectivity index (χ1v) is 4.68. The minimum absolute atomic E-state index is 0.599. The Hall–Kier alpha value is -0.700. The van der Waals surface area contributed by atoms with E-state index in [1.54, 1.807) is 0 Å². The Balaban J connectivity index is 2.77. The molecule has 13 heavy (non-hydrogen) atoms. The van der Waals surface area contributed by atoms with Crippen LogP contribution in [-0.4, -0.2) is 21.5 Å². The van der Waals surface area contributed by atoms with Crippen LogP contribution in [0, 0.1) is 13.8 Å². The van der Waals surface area contributed by atoms with E-state index in [4.69, 9.17) is 11.6 Å². The van der Waals surface area contributed by atoms with Gasteiger partial charge in [0.25, 0.3) is 0 Å². The number of aromatic nitrogens is 2. The van der Waals surface area contributed by atoms with Gasteiger partial charge < -0.3 is 0 Å². The lowest BCUT2D eigenvalue weighted by atomic mass is 10.4. The first-order chi connectivity index (χ1) is 6.16. The highest BCUT2D eigenvalue weighted by Crippen LogP contribution is 2.18. The molecule has 0 saturated heterocycles. The molecule has 0 fully saturated rings. The Labute approximate surface area is 87.4 Å². The van der Waals surface area contributed by atoms with Crippen LogP contribution in [-0.2, 0) is 6.54 Å². The van der Waals surface area contributed by atoms with E-state index in [0.29, 0.717) is 13.1 Å². The molecule has 0 aliphatic carbocycles. The zero-order valence-corrected chi connectivity index (χ0v) is 9.11. The Bertz CT molecular complexity index is 353. The monoisotopic (exact) mass is 215 g/mol. The normalized spacial score (nSPS) is 9.77. The van der Waals surface area contributed by atoms with Crippen LogP contribution in [0.2, 0.25) is 5.02 Å². The minimum Gasteiger partial charge on any atom is -0.266 e. The summed E-state index contributed by atoms with van der Waals surface area (Å²) in [6, 6.07) is 0. The zero-order chi connectivity index (χ0) is 9.84. The summed E-state index contributed by atoms with van der Waals surface area (Å²) in [5, 5.41) is 7.29. The molecule has 0 radical (unpaired) electrons. The van der Waals surface area contributed by atoms with Gasteiger partial charge in [0.2, 0.25) is 0 Å². The van der Waals surface area contributed by atoms with E-state index in [-0.39, 0.29) is 0 Å². The molecule has 1 aromatic rings. The van der Waals surface area contributed by atoms with Crippen LogP contribution in [0.15, 0.2) is 4.99 Å². The molecule has 0 spiro atoms. The van der Waals surface area contributed by atoms with Crippen LogP contribution in [0.5, 0.6) is 0 Å². The van der Waals surface area contributed by atoms with Gasteiger partial charge in [0.15, 0.2) is 0 Å². The molecule has 0 amide bonds. The molecule has 3 nitrogen and oxygen atoms in total. The molecule has 0 N–H and O–H groups in total. The maximum absolute atomic E-state index is 5.96. The number of halogens is 1. The summed E-state index contributed by atoms with van der Waals surface area (Å²) in [6.45, 7) is 5.11. The van der Waals surface area contributed by atoms with Crippen molar-refractivity contribution < 1.29 is 0 Å². The molecule has 1 aromatic heterocycles. The molecule has 0 aromatic carbocycles. The molecule has 0 unspecified atom stereocenters. The number of nitrogens with zero attached hydrogens (tertiary/aromatic N) is 3. The van der Waals surface area contributed by atoms with Crippen molar-refractivity contribution in [1.82, 2.24) is 9.78 Å². The lowest BCUT2D eigenvalue weighted by Crippen LogP contribution is -2.04. The first-order valence-electron chi connectivity index (χ1n) is 3.90. The standard InChI is InChI=1S/C8H10ClN3S/c1-6-8(9)7(2)12(11-6)4-3-10-5-13/h3-4H2,1-2H3. The molecule has 1 rings (SSSR count). The van der Waals surface area contributed by atoms with Gasteiger partial charge in [-0.25, -0.2) is 4.99 Å². The maximum atomic E-state index is 5.96. The summed E-state index contributed by atoms with van der Waals surface area (Å²) < 4.78 is 1.83. The van der Waals surface area contributed by atoms with E-state index < -0.39 is 0 Å². The van der Waals surface area contributed by atoms with Crippen LogP contribution in [0.3, 0.4) is 0 Å². The van der Waals surface area contributed by atoms with E-state index in [1.165, 1.54) is 0 Å². The second-order valence-corrected chi connectivity index (χ2v) is 3.24. The van der Waals surface area contributed by atoms with E-state index in [9.17, 15) is 0 Å². The van der Waals surface area contributed by atoms with Gasteiger partial charge in [-0.3, -0.25) is 4.68 Å². The Morgan fingerprint density at radius 1 is 1.62 bits per heavy atom. The smallest absolute Gasteiger partial charge is 0.0844 e. The molecule has 5 heteroatoms. The topological polar surface area (TPSA) is 30.2 Å². The van der Waals surface area contributed by atoms with Crippen LogP contribution >= 0.6 is 23.8 Å². The average molecular weight is 216 g/mol. The highest BCUT2D eigenvalue weighted by atomic mass is 35.5. The summed E-state index contributed by atoms with van der Waals surface area (Å²) in [6.07, 6.45) is 0. The van der Waals surface area contributed by atoms with E-state index in [1.807, 2.05) is 18.5 Å². The zero-order valence-electron chi connectivity index (χ0n) is 7.54. The number of rotatable bonds is 3. The third-order valence-corrected chi connectivity index (χ3v) is 2.46. The van der Waals surface area contributed by atoms with Crippen molar-refractivity contribution in [3.8, 4) is 0 Å². The third kappa shape index (κ3) is 2.37. The van der Waals surface area contributed by atoms with Gasteiger partial charge >= 0.3 is 0 Å². The fourth-order valence-corrected chi connectivity index (χ4v) is 1.31. The fourth-order valence-electron chi connectivity index (χ4n) is 1.08. The Kier molecular flexibility index (Phi) is 3.60. The van der Waals surface area contributed by atoms with E-state index >= 15 is 0 Å². The molecular weight excluding hydrogens is 206 g/mol. The SMILES string of the molecule is Cc1nn(CCN=C=S)c(C)c1Cl. The van der Waals surface area contributed by atoms with Crippen molar-refractivity contribution in [3.63, 3.8) is 0 Å². The van der Waals surface area contributed by atoms with Crippen LogP contribution < -0.4 is 0 Å². The summed E-state index contributed by atoms with van der Waals surface area (Å²) in [5.41, 5.74) is 1.82. The molecule has 1 heterocycles. The van der Waals surface area contributed by atoms with Crippen molar-refractivity contribution in [2.75, 3.05) is 6.54 Å². The largest absolute Gasteiger partial charge is 0.266 e. The minimum atomic E-state index is 0.599. The second-order valence-electron chi connectivity index (χ2n) is 2.68. The molecule has 0 atom stereocenters. The van der Waals surface area contributed by atoms with Gasteiger partial charge in [-0.05, 0) is 26.1 Å². The van der Waals surface area contributed by atoms with Crippen molar-refractivity contribution in [1.29, 1.82) is 0 Å². The van der Waals surface area contributed by atoms with Crippen molar-refractivity contribution in [3.05, 3.63) is 16.4 Å². The average Bonchev–Trinajstić information content (AvgIpc) is 2.34. The predicted octanol–water partition coefficient (Wildman–Crippen LogP) is 2.26. The lowest BCUT2D eigenvalue weighted by molar-refractivity contribution is 0.605. The van der Waals surface area contributed by atoms with Gasteiger partial charge in [-0.1, -0.05) is 11.6 Å². The maximum Gasteiger partial charge on any atom is 0.0844 e. The van der Waals surface area contributed by atoms with E-state index in [2.05, 4.69) is 27.5 Å². The molecule has 0 bridgehead atoms. The lowest BCUT2D eigenvalue weighted by Gasteiger charge is -1.99. The van der Waals surface area contributed by atoms with Gasteiger partial charge in [-0.2, -0.15) is 5.10 Å². The van der Waals surface area contributed by atoms with Crippen molar-refractivity contribution >= 4 is 29.0 Å². The fraction of sp³-hybridized carbons (Fsp3) is 0.500. The molecule has 70 valence electrons. The van der Waals surface area contributed by atoms with Gasteiger partial charge in [0, 0.05) is 0 Å². The first kappa shape index (κ1) is 10.4. The van der Waals surface area contributed by atoms with Crippen molar-refractivity contribution in [2.45, 2.75) is 20.4 Å². The number of thiocarbonyl (C=S) groups is 1. The molecule has 0 aliphatic heterocycles. The van der Waals surface area contributed by atoms with Gasteiger partial charge in [0.1, 0.15) is 0 Å². The number of isothiocyanates is 1. The number of hydrogen-bond donors (Lipinski definition) is 0. The quantitative estimate of drug-likeness (QED) is 0.572. The van der Waals surface area contributed by atoms with Crippen LogP contribution in [0.25, 0.3) is 0 Å². The summed E-state index contributed by atoms with van der Waals surface area (Å²) >= 11 is 10.4. The number of hydrogen-bond acceptors (Lipinski definition) is 3. The van der Waals surface area contributed by atoms with Crippen LogP contribution in [0.4, 0.5) is 0 Å². The van der Waals surface area contributed by atoms with Crippen LogP contribution in [0.1, 0.15) is 11.4 Å².